The van der Waals surface area contributed by atoms with Crippen molar-refractivity contribution in [2.75, 3.05) is 23.9 Å². The van der Waals surface area contributed by atoms with E-state index in [0.29, 0.717) is 22.1 Å². The van der Waals surface area contributed by atoms with Crippen molar-refractivity contribution in [3.05, 3.63) is 53.1 Å². The molecule has 2 aliphatic heterocycles. The van der Waals surface area contributed by atoms with E-state index in [4.69, 9.17) is 16.3 Å². The Balaban J connectivity index is 1.48. The van der Waals surface area contributed by atoms with Gasteiger partial charge in [-0.05, 0) is 48.9 Å². The average Bonchev–Trinajstić information content (AvgIpc) is 3.24. The maximum atomic E-state index is 13.0. The number of imide groups is 1. The van der Waals surface area contributed by atoms with Crippen LogP contribution in [0.3, 0.4) is 0 Å². The lowest BCUT2D eigenvalue weighted by Gasteiger charge is -2.20. The molecule has 2 heterocycles. The molecule has 1 saturated heterocycles. The minimum atomic E-state index is -0.977. The van der Waals surface area contributed by atoms with Gasteiger partial charge < -0.3 is 10.1 Å². The second kappa shape index (κ2) is 7.75. The number of carbonyl (C=O) groups excluding carboxylic acids is 3. The van der Waals surface area contributed by atoms with Gasteiger partial charge in [-0.3, -0.25) is 19.4 Å². The summed E-state index contributed by atoms with van der Waals surface area (Å²) in [4.78, 5) is 39.2. The van der Waals surface area contributed by atoms with Gasteiger partial charge in [-0.15, -0.1) is 0 Å². The summed E-state index contributed by atoms with van der Waals surface area (Å²) in [7, 11) is 1.53. The Labute approximate surface area is 177 Å². The van der Waals surface area contributed by atoms with E-state index < -0.39 is 29.8 Å². The summed E-state index contributed by atoms with van der Waals surface area (Å²) < 4.78 is 5.10. The van der Waals surface area contributed by atoms with Crippen molar-refractivity contribution in [2.24, 2.45) is 10.3 Å². The van der Waals surface area contributed by atoms with Crippen LogP contribution in [-0.2, 0) is 14.4 Å². The van der Waals surface area contributed by atoms with Crippen LogP contribution in [0.25, 0.3) is 0 Å². The molecule has 30 heavy (non-hydrogen) atoms. The predicted molar refractivity (Wildman–Crippen MR) is 109 cm³/mol. The molecule has 0 aromatic heterocycles. The van der Waals surface area contributed by atoms with Gasteiger partial charge in [-0.1, -0.05) is 22.9 Å². The molecule has 4 rings (SSSR count). The van der Waals surface area contributed by atoms with Crippen LogP contribution in [0, 0.1) is 6.92 Å². The van der Waals surface area contributed by atoms with Crippen molar-refractivity contribution >= 4 is 40.7 Å². The summed E-state index contributed by atoms with van der Waals surface area (Å²) >= 11 is 6.15. The van der Waals surface area contributed by atoms with Gasteiger partial charge in [0.25, 0.3) is 11.8 Å². The molecule has 2 atom stereocenters. The second-order valence-electron chi connectivity index (χ2n) is 6.93. The van der Waals surface area contributed by atoms with Crippen molar-refractivity contribution in [3.63, 3.8) is 0 Å². The van der Waals surface area contributed by atoms with Gasteiger partial charge in [-0.2, -0.15) is 5.11 Å². The zero-order valence-corrected chi connectivity index (χ0v) is 17.0. The Morgan fingerprint density at radius 3 is 2.57 bits per heavy atom. The number of rotatable bonds is 5. The monoisotopic (exact) mass is 427 g/mol. The van der Waals surface area contributed by atoms with E-state index in [1.807, 2.05) is 13.0 Å². The van der Waals surface area contributed by atoms with Crippen LogP contribution in [0.15, 0.2) is 52.8 Å². The van der Waals surface area contributed by atoms with Crippen molar-refractivity contribution in [1.29, 1.82) is 0 Å². The maximum Gasteiger partial charge on any atom is 0.263 e. The smallest absolute Gasteiger partial charge is 0.263 e. The number of hydrogen-bond donors (Lipinski definition) is 1. The number of carbonyl (C=O) groups is 3. The van der Waals surface area contributed by atoms with Gasteiger partial charge in [0.15, 0.2) is 12.1 Å². The van der Waals surface area contributed by atoms with Crippen LogP contribution in [-0.4, -0.2) is 48.5 Å². The highest BCUT2D eigenvalue weighted by molar-refractivity contribution is 6.33. The number of hydrogen-bond acceptors (Lipinski definition) is 7. The third-order valence-electron chi connectivity index (χ3n) is 4.89. The zero-order chi connectivity index (χ0) is 21.4. The van der Waals surface area contributed by atoms with Gasteiger partial charge in [0.05, 0.1) is 23.5 Å². The van der Waals surface area contributed by atoms with E-state index in [1.165, 1.54) is 12.1 Å². The van der Waals surface area contributed by atoms with Crippen LogP contribution in [0.2, 0.25) is 5.02 Å². The van der Waals surface area contributed by atoms with Crippen molar-refractivity contribution in [3.8, 4) is 5.75 Å². The molecule has 9 nitrogen and oxygen atoms in total. The van der Waals surface area contributed by atoms with E-state index in [-0.39, 0.29) is 6.54 Å². The first-order valence-corrected chi connectivity index (χ1v) is 9.52. The van der Waals surface area contributed by atoms with E-state index in [0.717, 1.165) is 10.5 Å². The number of ether oxygens (including phenoxy) is 1. The number of anilines is 2. The molecule has 0 radical (unpaired) electrons. The molecular formula is C20H18ClN5O4. The maximum absolute atomic E-state index is 13.0. The summed E-state index contributed by atoms with van der Waals surface area (Å²) in [5.41, 5.74) is 1.82. The molecule has 1 N–H and O–H groups in total. The first kappa shape index (κ1) is 19.8. The molecule has 0 spiro atoms. The highest BCUT2D eigenvalue weighted by Gasteiger charge is 2.55. The summed E-state index contributed by atoms with van der Waals surface area (Å²) in [5, 5.41) is 12.1. The molecule has 2 aliphatic rings. The van der Waals surface area contributed by atoms with E-state index in [1.54, 1.807) is 36.4 Å². The van der Waals surface area contributed by atoms with Crippen LogP contribution in [0.4, 0.5) is 11.4 Å². The highest BCUT2D eigenvalue weighted by Crippen LogP contribution is 2.32. The topological polar surface area (TPSA) is 104 Å². The quantitative estimate of drug-likeness (QED) is 0.738. The number of methoxy groups -OCH3 is 1. The summed E-state index contributed by atoms with van der Waals surface area (Å²) in [6.45, 7) is 1.64. The van der Waals surface area contributed by atoms with Gasteiger partial charge in [-0.25, -0.2) is 4.90 Å². The van der Waals surface area contributed by atoms with Gasteiger partial charge in [0.2, 0.25) is 5.91 Å². The van der Waals surface area contributed by atoms with Crippen molar-refractivity contribution in [2.45, 2.75) is 19.0 Å². The zero-order valence-electron chi connectivity index (χ0n) is 16.2. The molecule has 0 bridgehead atoms. The molecule has 2 aromatic carbocycles. The molecular weight excluding hydrogens is 410 g/mol. The van der Waals surface area contributed by atoms with Gasteiger partial charge in [0.1, 0.15) is 12.3 Å². The molecule has 1 fully saturated rings. The van der Waals surface area contributed by atoms with Gasteiger partial charge >= 0.3 is 0 Å². The Hall–Kier alpha value is -3.46. The second-order valence-corrected chi connectivity index (χ2v) is 7.34. The first-order chi connectivity index (χ1) is 14.4. The van der Waals surface area contributed by atoms with Crippen molar-refractivity contribution in [1.82, 2.24) is 5.01 Å². The largest absolute Gasteiger partial charge is 0.497 e. The first-order valence-electron chi connectivity index (χ1n) is 9.14. The lowest BCUT2D eigenvalue weighted by Crippen LogP contribution is -2.43. The van der Waals surface area contributed by atoms with Crippen molar-refractivity contribution < 1.29 is 19.1 Å². The average molecular weight is 428 g/mol. The van der Waals surface area contributed by atoms with Crippen LogP contribution in [0.1, 0.15) is 5.56 Å². The van der Waals surface area contributed by atoms with Crippen LogP contribution >= 0.6 is 11.6 Å². The number of aryl methyl sites for hydroxylation is 1. The van der Waals surface area contributed by atoms with E-state index in [9.17, 15) is 14.4 Å². The summed E-state index contributed by atoms with van der Waals surface area (Å²) in [6.07, 6.45) is 0. The lowest BCUT2D eigenvalue weighted by atomic mass is 10.1. The fourth-order valence-corrected chi connectivity index (χ4v) is 3.68. The summed E-state index contributed by atoms with van der Waals surface area (Å²) in [5.74, 6) is -0.793. The Bertz CT molecular complexity index is 1060. The molecule has 0 saturated carbocycles. The Kier molecular flexibility index (Phi) is 5.13. The third-order valence-corrected chi connectivity index (χ3v) is 5.21. The molecule has 154 valence electrons. The fraction of sp³-hybridized carbons (Fsp3) is 0.250. The normalized spacial score (nSPS) is 20.0. The SMILES string of the molecule is COc1ccc(N2C(=O)[C@@H]3[C@@H](N=NN3CC(=O)Nc3ccc(C)cc3Cl)C2=O)cc1. The predicted octanol–water partition coefficient (Wildman–Crippen LogP) is 2.59. The fourth-order valence-electron chi connectivity index (χ4n) is 3.40. The Morgan fingerprint density at radius 2 is 1.90 bits per heavy atom. The van der Waals surface area contributed by atoms with Crippen LogP contribution in [0.5, 0.6) is 5.75 Å². The summed E-state index contributed by atoms with van der Waals surface area (Å²) in [6, 6.07) is 9.85. The number of nitrogens with one attached hydrogen (secondary N) is 1. The number of nitrogens with zero attached hydrogens (tertiary/aromatic N) is 4. The number of amides is 3. The van der Waals surface area contributed by atoms with E-state index >= 15 is 0 Å². The number of fused-ring (bicyclic) bond motifs is 1. The number of benzene rings is 2. The minimum absolute atomic E-state index is 0.246. The molecule has 0 aliphatic carbocycles. The van der Waals surface area contributed by atoms with E-state index in [2.05, 4.69) is 15.7 Å². The standard InChI is InChI=1S/C20H18ClN5O4/c1-11-3-8-15(14(21)9-11)22-16(27)10-25-18-17(23-24-25)19(28)26(20(18)29)12-4-6-13(30-2)7-5-12/h3-9,17-18H,10H2,1-2H3,(H,22,27)/t17-,18+/m1/s1. The molecule has 10 heteroatoms. The lowest BCUT2D eigenvalue weighted by molar-refractivity contribution is -0.123. The molecule has 2 aromatic rings. The van der Waals surface area contributed by atoms with Crippen LogP contribution < -0.4 is 15.0 Å². The van der Waals surface area contributed by atoms with Gasteiger partial charge in [0, 0.05) is 0 Å². The molecule has 3 amide bonds. The number of halogens is 1. The molecule has 0 unspecified atom stereocenters. The minimum Gasteiger partial charge on any atom is -0.497 e. The highest BCUT2D eigenvalue weighted by atomic mass is 35.5. The third kappa shape index (κ3) is 3.48. The Morgan fingerprint density at radius 1 is 1.17 bits per heavy atom.